The quantitative estimate of drug-likeness (QED) is 0.511. The zero-order chi connectivity index (χ0) is 11.7. The summed E-state index contributed by atoms with van der Waals surface area (Å²) in [7, 11) is 0. The topological polar surface area (TPSA) is 35.5 Å². The monoisotopic (exact) mass is 300 g/mol. The molecule has 90 valence electrons. The van der Waals surface area contributed by atoms with Crippen LogP contribution in [0.15, 0.2) is 0 Å². The molecule has 0 aliphatic carbocycles. The van der Waals surface area contributed by atoms with Crippen LogP contribution in [0.5, 0.6) is 0 Å². The third-order valence-corrected chi connectivity index (χ3v) is 3.01. The van der Waals surface area contributed by atoms with Crippen LogP contribution in [0.25, 0.3) is 0 Å². The fourth-order valence-corrected chi connectivity index (χ4v) is 1.99. The van der Waals surface area contributed by atoms with E-state index in [9.17, 15) is 4.79 Å². The van der Waals surface area contributed by atoms with Crippen LogP contribution in [0.4, 0.5) is 0 Å². The second-order valence-corrected chi connectivity index (χ2v) is 4.53. The van der Waals surface area contributed by atoms with Gasteiger partial charge in [0.2, 0.25) is 0 Å². The highest BCUT2D eigenvalue weighted by atomic mass is 79.9. The number of esters is 1. The van der Waals surface area contributed by atoms with Gasteiger partial charge in [-0.2, -0.15) is 0 Å². The van der Waals surface area contributed by atoms with Gasteiger partial charge in [0.05, 0.1) is 11.4 Å². The molecule has 0 fully saturated rings. The van der Waals surface area contributed by atoms with Gasteiger partial charge in [-0.25, -0.2) is 4.79 Å². The van der Waals surface area contributed by atoms with Gasteiger partial charge in [-0.1, -0.05) is 15.9 Å². The molecule has 5 heteroatoms. The van der Waals surface area contributed by atoms with Crippen molar-refractivity contribution in [3.8, 4) is 0 Å². The van der Waals surface area contributed by atoms with E-state index in [0.29, 0.717) is 19.1 Å². The van der Waals surface area contributed by atoms with Gasteiger partial charge in [0, 0.05) is 12.5 Å². The predicted octanol–water partition coefficient (Wildman–Crippen LogP) is 2.74. The van der Waals surface area contributed by atoms with Gasteiger partial charge in [0.15, 0.2) is 6.10 Å². The van der Waals surface area contributed by atoms with Gasteiger partial charge < -0.3 is 9.47 Å². The van der Waals surface area contributed by atoms with Crippen molar-refractivity contribution in [2.24, 2.45) is 0 Å². The zero-order valence-electron chi connectivity index (χ0n) is 9.17. The highest BCUT2D eigenvalue weighted by Crippen LogP contribution is 2.17. The van der Waals surface area contributed by atoms with Crippen LogP contribution >= 0.6 is 27.5 Å². The Bertz CT molecular complexity index is 178. The summed E-state index contributed by atoms with van der Waals surface area (Å²) in [5.41, 5.74) is 0. The minimum absolute atomic E-state index is 0.0322. The summed E-state index contributed by atoms with van der Waals surface area (Å²) in [4.78, 5) is 11.5. The highest BCUT2D eigenvalue weighted by molar-refractivity contribution is 9.09. The average Bonchev–Trinajstić information content (AvgIpc) is 2.22. The summed E-state index contributed by atoms with van der Waals surface area (Å²) in [6.45, 7) is 4.50. The molecular weight excluding hydrogens is 283 g/mol. The van der Waals surface area contributed by atoms with E-state index < -0.39 is 6.10 Å². The molecule has 0 rings (SSSR count). The third-order valence-electron chi connectivity index (χ3n) is 1.81. The second-order valence-electron chi connectivity index (χ2n) is 2.98. The maximum absolute atomic E-state index is 11.5. The molecule has 2 unspecified atom stereocenters. The van der Waals surface area contributed by atoms with E-state index in [1.165, 1.54) is 0 Å². The van der Waals surface area contributed by atoms with Gasteiger partial charge >= 0.3 is 5.97 Å². The lowest BCUT2D eigenvalue weighted by Crippen LogP contribution is -2.35. The van der Waals surface area contributed by atoms with E-state index in [4.69, 9.17) is 21.1 Å². The van der Waals surface area contributed by atoms with Crippen LogP contribution in [0.2, 0.25) is 0 Å². The Morgan fingerprint density at radius 1 is 1.40 bits per heavy atom. The summed E-state index contributed by atoms with van der Waals surface area (Å²) in [6.07, 6.45) is 1.12. The minimum Gasteiger partial charge on any atom is -0.464 e. The predicted molar refractivity (Wildman–Crippen MR) is 64.7 cm³/mol. The number of ether oxygens (including phenoxy) is 2. The minimum atomic E-state index is -0.529. The Morgan fingerprint density at radius 3 is 2.53 bits per heavy atom. The fraction of sp³-hybridized carbons (Fsp3) is 0.900. The fourth-order valence-electron chi connectivity index (χ4n) is 1.15. The second kappa shape index (κ2) is 9.43. The SMILES string of the molecule is CCOC(=O)C(OCC)C(Br)CCCCl. The van der Waals surface area contributed by atoms with Crippen molar-refractivity contribution in [1.29, 1.82) is 0 Å². The highest BCUT2D eigenvalue weighted by Gasteiger charge is 2.27. The number of rotatable bonds is 8. The number of halogens is 2. The lowest BCUT2D eigenvalue weighted by Gasteiger charge is -2.20. The lowest BCUT2D eigenvalue weighted by molar-refractivity contribution is -0.156. The largest absolute Gasteiger partial charge is 0.464 e. The first-order valence-corrected chi connectivity index (χ1v) is 6.60. The van der Waals surface area contributed by atoms with Crippen LogP contribution in [0, 0.1) is 0 Å². The van der Waals surface area contributed by atoms with Gasteiger partial charge in [-0.15, -0.1) is 11.6 Å². The maximum Gasteiger partial charge on any atom is 0.336 e. The lowest BCUT2D eigenvalue weighted by atomic mass is 10.1. The summed E-state index contributed by atoms with van der Waals surface area (Å²) in [5, 5.41) is 0. The van der Waals surface area contributed by atoms with Crippen molar-refractivity contribution in [2.45, 2.75) is 37.6 Å². The first-order valence-electron chi connectivity index (χ1n) is 5.15. The number of hydrogen-bond donors (Lipinski definition) is 0. The summed E-state index contributed by atoms with van der Waals surface area (Å²) in [5.74, 6) is 0.278. The van der Waals surface area contributed by atoms with Crippen LogP contribution in [-0.2, 0) is 14.3 Å². The third kappa shape index (κ3) is 6.38. The Balaban J connectivity index is 4.16. The molecule has 2 atom stereocenters. The average molecular weight is 302 g/mol. The summed E-state index contributed by atoms with van der Waals surface area (Å²) < 4.78 is 10.3. The van der Waals surface area contributed by atoms with Crippen molar-refractivity contribution in [2.75, 3.05) is 19.1 Å². The van der Waals surface area contributed by atoms with E-state index in [2.05, 4.69) is 15.9 Å². The molecule has 0 aromatic rings. The Kier molecular flexibility index (Phi) is 9.55. The molecule has 0 aliphatic heterocycles. The van der Waals surface area contributed by atoms with Crippen LogP contribution in [0.1, 0.15) is 26.7 Å². The van der Waals surface area contributed by atoms with E-state index in [-0.39, 0.29) is 10.8 Å². The van der Waals surface area contributed by atoms with Crippen molar-refractivity contribution in [3.05, 3.63) is 0 Å². The molecule has 3 nitrogen and oxygen atoms in total. The molecule has 0 spiro atoms. The van der Waals surface area contributed by atoms with Crippen LogP contribution in [0.3, 0.4) is 0 Å². The smallest absolute Gasteiger partial charge is 0.336 e. The van der Waals surface area contributed by atoms with E-state index >= 15 is 0 Å². The first-order chi connectivity index (χ1) is 7.17. The van der Waals surface area contributed by atoms with Crippen molar-refractivity contribution < 1.29 is 14.3 Å². The molecule has 15 heavy (non-hydrogen) atoms. The van der Waals surface area contributed by atoms with Crippen molar-refractivity contribution >= 4 is 33.5 Å². The van der Waals surface area contributed by atoms with Crippen molar-refractivity contribution in [3.63, 3.8) is 0 Å². The molecule has 0 aromatic carbocycles. The van der Waals surface area contributed by atoms with E-state index in [1.807, 2.05) is 6.92 Å². The van der Waals surface area contributed by atoms with Gasteiger partial charge in [-0.05, 0) is 26.7 Å². The molecule has 0 saturated carbocycles. The van der Waals surface area contributed by atoms with Gasteiger partial charge in [-0.3, -0.25) is 0 Å². The molecule has 0 radical (unpaired) electrons. The number of carbonyl (C=O) groups is 1. The molecular formula is C10H18BrClO3. The molecule has 0 aromatic heterocycles. The summed E-state index contributed by atoms with van der Waals surface area (Å²) in [6, 6.07) is 0. The standard InChI is InChI=1S/C10H18BrClO3/c1-3-14-9(10(13)15-4-2)8(11)6-5-7-12/h8-9H,3-7H2,1-2H3. The Hall–Kier alpha value is 0.200. The zero-order valence-corrected chi connectivity index (χ0v) is 11.5. The van der Waals surface area contributed by atoms with Crippen molar-refractivity contribution in [1.82, 2.24) is 0 Å². The molecule has 0 saturated heterocycles. The van der Waals surface area contributed by atoms with E-state index in [0.717, 1.165) is 12.8 Å². The first kappa shape index (κ1) is 15.2. The summed E-state index contributed by atoms with van der Waals surface area (Å²) >= 11 is 9.02. The number of hydrogen-bond acceptors (Lipinski definition) is 3. The van der Waals surface area contributed by atoms with Crippen LogP contribution < -0.4 is 0 Å². The van der Waals surface area contributed by atoms with Crippen LogP contribution in [-0.4, -0.2) is 36.0 Å². The number of alkyl halides is 2. The van der Waals surface area contributed by atoms with Gasteiger partial charge in [0.25, 0.3) is 0 Å². The normalized spacial score (nSPS) is 14.7. The molecule has 0 aliphatic rings. The Morgan fingerprint density at radius 2 is 2.07 bits per heavy atom. The van der Waals surface area contributed by atoms with Gasteiger partial charge in [0.1, 0.15) is 0 Å². The molecule has 0 heterocycles. The maximum atomic E-state index is 11.5. The molecule has 0 bridgehead atoms. The number of carbonyl (C=O) groups excluding carboxylic acids is 1. The molecule has 0 N–H and O–H groups in total. The Labute approximate surface area is 105 Å². The van der Waals surface area contributed by atoms with E-state index in [1.54, 1.807) is 6.92 Å². The molecule has 0 amide bonds.